The Morgan fingerprint density at radius 1 is 1.29 bits per heavy atom. The van der Waals surface area contributed by atoms with Crippen molar-refractivity contribution in [1.29, 1.82) is 0 Å². The first-order chi connectivity index (χ1) is 6.40. The van der Waals surface area contributed by atoms with Gasteiger partial charge >= 0.3 is 10.1 Å². The van der Waals surface area contributed by atoms with E-state index in [4.69, 9.17) is 4.18 Å². The van der Waals surface area contributed by atoms with Crippen LogP contribution in [0.4, 0.5) is 0 Å². The van der Waals surface area contributed by atoms with Crippen LogP contribution in [0.1, 0.15) is 32.6 Å². The van der Waals surface area contributed by atoms with Crippen LogP contribution in [-0.4, -0.2) is 20.5 Å². The third kappa shape index (κ3) is 3.14. The van der Waals surface area contributed by atoms with Gasteiger partial charge in [0.25, 0.3) is 0 Å². The predicted molar refractivity (Wildman–Crippen MR) is 52.1 cm³/mol. The summed E-state index contributed by atoms with van der Waals surface area (Å²) in [6, 6.07) is 0. The summed E-state index contributed by atoms with van der Waals surface area (Å²) >= 11 is 0. The lowest BCUT2D eigenvalue weighted by Gasteiger charge is -2.17. The predicted octanol–water partition coefficient (Wildman–Crippen LogP) is 1.38. The third-order valence-electron chi connectivity index (χ3n) is 2.09. The summed E-state index contributed by atoms with van der Waals surface area (Å²) in [5, 5.41) is 0. The second kappa shape index (κ2) is 4.13. The highest BCUT2D eigenvalue weighted by Crippen LogP contribution is 2.27. The van der Waals surface area contributed by atoms with E-state index in [1.807, 2.05) is 0 Å². The van der Waals surface area contributed by atoms with Gasteiger partial charge in [-0.2, -0.15) is 8.42 Å². The second-order valence-electron chi connectivity index (χ2n) is 3.45. The van der Waals surface area contributed by atoms with E-state index in [0.717, 1.165) is 19.1 Å². The van der Waals surface area contributed by atoms with Crippen LogP contribution in [0.5, 0.6) is 0 Å². The maximum absolute atomic E-state index is 11.2. The van der Waals surface area contributed by atoms with Crippen LogP contribution in [0, 0.1) is 0 Å². The Kier molecular flexibility index (Phi) is 3.31. The molecule has 0 radical (unpaired) electrons. The molecule has 1 aliphatic carbocycles. The van der Waals surface area contributed by atoms with E-state index >= 15 is 0 Å². The Balaban J connectivity index is 2.95. The van der Waals surface area contributed by atoms with Crippen LogP contribution in [0.15, 0.2) is 11.3 Å². The highest BCUT2D eigenvalue weighted by atomic mass is 32.2. The molecule has 0 aromatic carbocycles. The first kappa shape index (κ1) is 11.2. The fourth-order valence-corrected chi connectivity index (χ4v) is 2.07. The third-order valence-corrected chi connectivity index (χ3v) is 2.60. The lowest BCUT2D eigenvalue weighted by atomic mass is 9.95. The van der Waals surface area contributed by atoms with Crippen molar-refractivity contribution in [3.63, 3.8) is 0 Å². The zero-order valence-electron chi connectivity index (χ0n) is 8.37. The van der Waals surface area contributed by atoms with E-state index in [-0.39, 0.29) is 5.78 Å². The molecule has 0 bridgehead atoms. The van der Waals surface area contributed by atoms with Gasteiger partial charge in [0, 0.05) is 12.0 Å². The molecule has 0 N–H and O–H groups in total. The van der Waals surface area contributed by atoms with Crippen LogP contribution in [-0.2, 0) is 19.1 Å². The Hall–Kier alpha value is -0.840. The summed E-state index contributed by atoms with van der Waals surface area (Å²) in [6.07, 6.45) is 3.96. The zero-order chi connectivity index (χ0) is 10.8. The SMILES string of the molecule is CC(=O)C1=C(OS(C)(=O)=O)CCCC1. The van der Waals surface area contributed by atoms with Crippen molar-refractivity contribution < 1.29 is 17.4 Å². The lowest BCUT2D eigenvalue weighted by Crippen LogP contribution is -2.12. The molecule has 0 aliphatic heterocycles. The molecule has 4 nitrogen and oxygen atoms in total. The minimum absolute atomic E-state index is 0.0941. The topological polar surface area (TPSA) is 60.4 Å². The van der Waals surface area contributed by atoms with Crippen molar-refractivity contribution in [3.05, 3.63) is 11.3 Å². The van der Waals surface area contributed by atoms with Crippen LogP contribution >= 0.6 is 0 Å². The number of carbonyl (C=O) groups is 1. The number of Topliss-reactive ketones (excluding diaryl/α,β-unsaturated/α-hetero) is 1. The molecule has 0 saturated heterocycles. The van der Waals surface area contributed by atoms with Gasteiger partial charge in [0.2, 0.25) is 0 Å². The average molecular weight is 218 g/mol. The molecule has 80 valence electrons. The van der Waals surface area contributed by atoms with Crippen molar-refractivity contribution in [2.45, 2.75) is 32.6 Å². The van der Waals surface area contributed by atoms with E-state index in [0.29, 0.717) is 24.2 Å². The Morgan fingerprint density at radius 3 is 2.36 bits per heavy atom. The fourth-order valence-electron chi connectivity index (χ4n) is 1.52. The quantitative estimate of drug-likeness (QED) is 0.671. The molecule has 0 saturated carbocycles. The van der Waals surface area contributed by atoms with Gasteiger partial charge in [0.15, 0.2) is 5.78 Å². The van der Waals surface area contributed by atoms with Gasteiger partial charge in [-0.05, 0) is 26.2 Å². The summed E-state index contributed by atoms with van der Waals surface area (Å²) in [6.45, 7) is 1.44. The molecule has 14 heavy (non-hydrogen) atoms. The molecule has 1 aliphatic rings. The monoisotopic (exact) mass is 218 g/mol. The van der Waals surface area contributed by atoms with Crippen molar-refractivity contribution in [2.24, 2.45) is 0 Å². The first-order valence-electron chi connectivity index (χ1n) is 4.52. The van der Waals surface area contributed by atoms with Crippen LogP contribution in [0.2, 0.25) is 0 Å². The summed E-state index contributed by atoms with van der Waals surface area (Å²) < 4.78 is 26.6. The molecular weight excluding hydrogens is 204 g/mol. The number of carbonyl (C=O) groups excluding carboxylic acids is 1. The molecular formula is C9H14O4S. The molecule has 0 heterocycles. The summed E-state index contributed by atoms with van der Waals surface area (Å²) in [5.41, 5.74) is 0.529. The molecule has 5 heteroatoms. The lowest BCUT2D eigenvalue weighted by molar-refractivity contribution is -0.114. The van der Waals surface area contributed by atoms with Crippen molar-refractivity contribution in [1.82, 2.24) is 0 Å². The standard InChI is InChI=1S/C9H14O4S/c1-7(10)8-5-3-4-6-9(8)13-14(2,11)12/h3-6H2,1-2H3. The minimum Gasteiger partial charge on any atom is -0.387 e. The largest absolute Gasteiger partial charge is 0.387 e. The summed E-state index contributed by atoms with van der Waals surface area (Å²) in [5.74, 6) is 0.245. The highest BCUT2D eigenvalue weighted by Gasteiger charge is 2.20. The summed E-state index contributed by atoms with van der Waals surface area (Å²) in [7, 11) is -3.50. The van der Waals surface area contributed by atoms with E-state index in [1.54, 1.807) is 0 Å². The number of ketones is 1. The first-order valence-corrected chi connectivity index (χ1v) is 6.34. The van der Waals surface area contributed by atoms with E-state index < -0.39 is 10.1 Å². The fraction of sp³-hybridized carbons (Fsp3) is 0.667. The summed E-state index contributed by atoms with van der Waals surface area (Å²) in [4.78, 5) is 11.2. The van der Waals surface area contributed by atoms with Crippen molar-refractivity contribution in [2.75, 3.05) is 6.26 Å². The maximum atomic E-state index is 11.2. The highest BCUT2D eigenvalue weighted by molar-refractivity contribution is 7.86. The van der Waals surface area contributed by atoms with Crippen molar-refractivity contribution in [3.8, 4) is 0 Å². The second-order valence-corrected chi connectivity index (χ2v) is 5.03. The molecule has 0 atom stereocenters. The molecule has 0 aromatic heterocycles. The Labute approximate surface area is 84.1 Å². The van der Waals surface area contributed by atoms with Gasteiger partial charge in [-0.15, -0.1) is 0 Å². The maximum Gasteiger partial charge on any atom is 0.305 e. The van der Waals surface area contributed by atoms with Crippen molar-refractivity contribution >= 4 is 15.9 Å². The minimum atomic E-state index is -3.50. The van der Waals surface area contributed by atoms with Gasteiger partial charge in [0.1, 0.15) is 5.76 Å². The average Bonchev–Trinajstić information content (AvgIpc) is 2.01. The number of allylic oxidation sites excluding steroid dienone is 2. The van der Waals surface area contributed by atoms with Gasteiger partial charge in [-0.1, -0.05) is 0 Å². The molecule has 0 amide bonds. The van der Waals surface area contributed by atoms with Gasteiger partial charge in [0.05, 0.1) is 6.26 Å². The van der Waals surface area contributed by atoms with E-state index in [2.05, 4.69) is 0 Å². The van der Waals surface area contributed by atoms with E-state index in [1.165, 1.54) is 6.92 Å². The Morgan fingerprint density at radius 2 is 1.86 bits per heavy atom. The zero-order valence-corrected chi connectivity index (χ0v) is 9.19. The normalized spacial score (nSPS) is 18.1. The van der Waals surface area contributed by atoms with Crippen LogP contribution in [0.3, 0.4) is 0 Å². The van der Waals surface area contributed by atoms with Crippen LogP contribution < -0.4 is 0 Å². The van der Waals surface area contributed by atoms with Crippen LogP contribution in [0.25, 0.3) is 0 Å². The molecule has 0 aromatic rings. The molecule has 1 rings (SSSR count). The van der Waals surface area contributed by atoms with Gasteiger partial charge < -0.3 is 4.18 Å². The molecule has 0 spiro atoms. The molecule has 0 fully saturated rings. The number of hydrogen-bond acceptors (Lipinski definition) is 4. The van der Waals surface area contributed by atoms with Gasteiger partial charge in [-0.25, -0.2) is 0 Å². The van der Waals surface area contributed by atoms with Gasteiger partial charge in [-0.3, -0.25) is 4.79 Å². The Bertz CT molecular complexity index is 364. The van der Waals surface area contributed by atoms with E-state index in [9.17, 15) is 13.2 Å². The molecule has 0 unspecified atom stereocenters. The number of hydrogen-bond donors (Lipinski definition) is 0. The number of rotatable bonds is 3. The smallest absolute Gasteiger partial charge is 0.305 e.